The Bertz CT molecular complexity index is 262. The number of fused-ring (bicyclic) bond motifs is 1. The summed E-state index contributed by atoms with van der Waals surface area (Å²) in [5, 5.41) is 3.63. The number of rotatable bonds is 4. The molecule has 1 aliphatic heterocycles. The van der Waals surface area contributed by atoms with Crippen LogP contribution in [0.2, 0.25) is 0 Å². The molecule has 0 aromatic rings. The minimum Gasteiger partial charge on any atom is -0.304 e. The van der Waals surface area contributed by atoms with Gasteiger partial charge in [0, 0.05) is 12.5 Å². The molecule has 1 saturated heterocycles. The first-order chi connectivity index (χ1) is 8.16. The molecule has 2 nitrogen and oxygen atoms in total. The molecule has 2 rings (SSSR count). The lowest BCUT2D eigenvalue weighted by Crippen LogP contribution is -2.52. The molecule has 0 bridgehead atoms. The number of ketones is 1. The van der Waals surface area contributed by atoms with Crippen LogP contribution in [0.5, 0.6) is 0 Å². The molecule has 0 radical (unpaired) electrons. The van der Waals surface area contributed by atoms with E-state index < -0.39 is 0 Å². The number of carbonyl (C=O) groups excluding carboxylic acids is 1. The van der Waals surface area contributed by atoms with Gasteiger partial charge in [0.25, 0.3) is 0 Å². The number of piperidine rings is 1. The second-order valence-corrected chi connectivity index (χ2v) is 6.35. The van der Waals surface area contributed by atoms with Gasteiger partial charge in [0.2, 0.25) is 0 Å². The Hall–Kier alpha value is -0.370. The van der Waals surface area contributed by atoms with Gasteiger partial charge in [0.1, 0.15) is 5.78 Å². The lowest BCUT2D eigenvalue weighted by atomic mass is 9.77. The van der Waals surface area contributed by atoms with E-state index >= 15 is 0 Å². The fourth-order valence-electron chi connectivity index (χ4n) is 3.35. The second-order valence-electron chi connectivity index (χ2n) is 6.35. The Morgan fingerprint density at radius 3 is 2.71 bits per heavy atom. The van der Waals surface area contributed by atoms with Crippen LogP contribution in [0.15, 0.2) is 0 Å². The fourth-order valence-corrected chi connectivity index (χ4v) is 3.35. The molecule has 3 unspecified atom stereocenters. The van der Waals surface area contributed by atoms with Crippen LogP contribution in [0.1, 0.15) is 65.2 Å². The average molecular weight is 237 g/mol. The van der Waals surface area contributed by atoms with Crippen LogP contribution in [-0.2, 0) is 4.79 Å². The van der Waals surface area contributed by atoms with Gasteiger partial charge in [0.15, 0.2) is 0 Å². The monoisotopic (exact) mass is 237 g/mol. The van der Waals surface area contributed by atoms with E-state index in [4.69, 9.17) is 0 Å². The van der Waals surface area contributed by atoms with E-state index in [1.807, 2.05) is 0 Å². The van der Waals surface area contributed by atoms with Crippen molar-refractivity contribution in [2.24, 2.45) is 11.8 Å². The van der Waals surface area contributed by atoms with Crippen molar-refractivity contribution in [2.45, 2.75) is 77.3 Å². The Kier molecular flexibility index (Phi) is 4.61. The smallest absolute Gasteiger partial charge is 0.149 e. The maximum atomic E-state index is 12.1. The number of Topliss-reactive ketones (excluding diaryl/α,β-unsaturated/α-hetero) is 1. The van der Waals surface area contributed by atoms with E-state index in [2.05, 4.69) is 19.2 Å². The number of carbonyl (C=O) groups is 1. The first kappa shape index (κ1) is 13.1. The van der Waals surface area contributed by atoms with E-state index in [1.165, 1.54) is 32.1 Å². The van der Waals surface area contributed by atoms with E-state index in [-0.39, 0.29) is 6.04 Å². The fraction of sp³-hybridized carbons (Fsp3) is 0.933. The molecule has 1 saturated carbocycles. The van der Waals surface area contributed by atoms with Crippen molar-refractivity contribution in [1.29, 1.82) is 0 Å². The summed E-state index contributed by atoms with van der Waals surface area (Å²) in [6.45, 7) is 4.39. The Balaban J connectivity index is 1.80. The summed E-state index contributed by atoms with van der Waals surface area (Å²) >= 11 is 0. The van der Waals surface area contributed by atoms with Crippen LogP contribution in [0.3, 0.4) is 0 Å². The summed E-state index contributed by atoms with van der Waals surface area (Å²) < 4.78 is 0. The van der Waals surface area contributed by atoms with Gasteiger partial charge in [-0.25, -0.2) is 0 Å². The quantitative estimate of drug-likeness (QED) is 0.813. The molecule has 0 aromatic heterocycles. The summed E-state index contributed by atoms with van der Waals surface area (Å²) in [6.07, 6.45) is 9.59. The molecule has 1 aliphatic carbocycles. The maximum Gasteiger partial charge on any atom is 0.149 e. The molecule has 98 valence electrons. The van der Waals surface area contributed by atoms with Gasteiger partial charge in [-0.3, -0.25) is 4.79 Å². The van der Waals surface area contributed by atoms with Crippen molar-refractivity contribution in [3.8, 4) is 0 Å². The highest BCUT2D eigenvalue weighted by molar-refractivity contribution is 5.84. The van der Waals surface area contributed by atoms with Crippen LogP contribution >= 0.6 is 0 Å². The lowest BCUT2D eigenvalue weighted by molar-refractivity contribution is -0.122. The van der Waals surface area contributed by atoms with Crippen molar-refractivity contribution < 1.29 is 4.79 Å². The van der Waals surface area contributed by atoms with Gasteiger partial charge in [-0.05, 0) is 43.9 Å². The van der Waals surface area contributed by atoms with Crippen LogP contribution in [-0.4, -0.2) is 17.9 Å². The molecule has 3 atom stereocenters. The summed E-state index contributed by atoms with van der Waals surface area (Å²) in [5.74, 6) is 1.96. The minimum atomic E-state index is 0.174. The zero-order chi connectivity index (χ0) is 12.3. The first-order valence-electron chi connectivity index (χ1n) is 7.45. The minimum absolute atomic E-state index is 0.174. The van der Waals surface area contributed by atoms with E-state index in [1.54, 1.807) is 0 Å². The van der Waals surface area contributed by atoms with Gasteiger partial charge in [-0.1, -0.05) is 26.7 Å². The molecule has 0 aromatic carbocycles. The highest BCUT2D eigenvalue weighted by Crippen LogP contribution is 2.32. The van der Waals surface area contributed by atoms with Crippen LogP contribution in [0.4, 0.5) is 0 Å². The molecule has 0 amide bonds. The lowest BCUT2D eigenvalue weighted by Gasteiger charge is -2.40. The largest absolute Gasteiger partial charge is 0.304 e. The van der Waals surface area contributed by atoms with Crippen molar-refractivity contribution >= 4 is 5.78 Å². The van der Waals surface area contributed by atoms with Crippen molar-refractivity contribution in [3.63, 3.8) is 0 Å². The average Bonchev–Trinajstić information content (AvgIpc) is 2.35. The third-order valence-electron chi connectivity index (χ3n) is 4.51. The van der Waals surface area contributed by atoms with Crippen molar-refractivity contribution in [2.75, 3.05) is 0 Å². The standard InChI is InChI=1S/C15H27NO/c1-11(2)7-10-15(17)14-9-8-12-5-3-4-6-13(12)16-14/h11-14,16H,3-10H2,1-2H3. The summed E-state index contributed by atoms with van der Waals surface area (Å²) in [5.41, 5.74) is 0. The summed E-state index contributed by atoms with van der Waals surface area (Å²) in [4.78, 5) is 12.1. The Morgan fingerprint density at radius 2 is 1.94 bits per heavy atom. The topological polar surface area (TPSA) is 29.1 Å². The molecular formula is C15H27NO. The van der Waals surface area contributed by atoms with Gasteiger partial charge in [-0.15, -0.1) is 0 Å². The summed E-state index contributed by atoms with van der Waals surface area (Å²) in [6, 6.07) is 0.818. The van der Waals surface area contributed by atoms with Crippen molar-refractivity contribution in [1.82, 2.24) is 5.32 Å². The maximum absolute atomic E-state index is 12.1. The van der Waals surface area contributed by atoms with Gasteiger partial charge in [-0.2, -0.15) is 0 Å². The molecule has 1 heterocycles. The predicted octanol–water partition coefficient (Wildman–Crippen LogP) is 3.30. The second kappa shape index (κ2) is 5.99. The van der Waals surface area contributed by atoms with Crippen LogP contribution in [0.25, 0.3) is 0 Å². The van der Waals surface area contributed by atoms with Gasteiger partial charge < -0.3 is 5.32 Å². The number of nitrogens with one attached hydrogen (secondary N) is 1. The zero-order valence-electron chi connectivity index (χ0n) is 11.4. The molecule has 2 aliphatic rings. The normalized spacial score (nSPS) is 33.5. The van der Waals surface area contributed by atoms with E-state index in [9.17, 15) is 4.79 Å². The predicted molar refractivity (Wildman–Crippen MR) is 71.0 cm³/mol. The number of hydrogen-bond donors (Lipinski definition) is 1. The zero-order valence-corrected chi connectivity index (χ0v) is 11.4. The molecule has 2 heteroatoms. The van der Waals surface area contributed by atoms with Crippen LogP contribution in [0, 0.1) is 11.8 Å². The molecule has 2 fully saturated rings. The van der Waals surface area contributed by atoms with Gasteiger partial charge in [0.05, 0.1) is 6.04 Å². The molecule has 1 N–H and O–H groups in total. The highest BCUT2D eigenvalue weighted by Gasteiger charge is 2.33. The highest BCUT2D eigenvalue weighted by atomic mass is 16.1. The first-order valence-corrected chi connectivity index (χ1v) is 7.45. The Labute approximate surface area is 106 Å². The van der Waals surface area contributed by atoms with E-state index in [0.29, 0.717) is 17.7 Å². The number of hydrogen-bond acceptors (Lipinski definition) is 2. The third kappa shape index (κ3) is 3.54. The molecule has 0 spiro atoms. The summed E-state index contributed by atoms with van der Waals surface area (Å²) in [7, 11) is 0. The van der Waals surface area contributed by atoms with Crippen LogP contribution < -0.4 is 5.32 Å². The van der Waals surface area contributed by atoms with Crippen molar-refractivity contribution in [3.05, 3.63) is 0 Å². The molecule has 17 heavy (non-hydrogen) atoms. The van der Waals surface area contributed by atoms with E-state index in [0.717, 1.165) is 25.2 Å². The molecular weight excluding hydrogens is 210 g/mol. The van der Waals surface area contributed by atoms with Gasteiger partial charge >= 0.3 is 0 Å². The SMILES string of the molecule is CC(C)CCC(=O)C1CCC2CCCCC2N1. The third-order valence-corrected chi connectivity index (χ3v) is 4.51. The Morgan fingerprint density at radius 1 is 1.18 bits per heavy atom.